The second kappa shape index (κ2) is 6.62. The molecule has 0 fully saturated rings. The third-order valence-corrected chi connectivity index (χ3v) is 4.43. The van der Waals surface area contributed by atoms with Crippen molar-refractivity contribution in [3.63, 3.8) is 0 Å². The van der Waals surface area contributed by atoms with Gasteiger partial charge in [-0.25, -0.2) is 0 Å². The number of hydrogen-bond acceptors (Lipinski definition) is 4. The Balaban J connectivity index is 1.73. The van der Waals surface area contributed by atoms with Crippen LogP contribution in [-0.4, -0.2) is 26.8 Å². The van der Waals surface area contributed by atoms with Gasteiger partial charge in [-0.1, -0.05) is 24.3 Å². The first kappa shape index (κ1) is 15.2. The molecule has 2 heterocycles. The van der Waals surface area contributed by atoms with Gasteiger partial charge in [-0.2, -0.15) is 5.10 Å². The zero-order valence-electron chi connectivity index (χ0n) is 12.2. The van der Waals surface area contributed by atoms with Crippen molar-refractivity contribution >= 4 is 34.1 Å². The number of carboxylic acid groups (broad SMARTS) is 1. The van der Waals surface area contributed by atoms with Crippen molar-refractivity contribution in [2.75, 3.05) is 0 Å². The SMILES string of the molecule is O=C(O)CC(NC(=O)Cn1ncc2ccccc21)c1cccs1. The van der Waals surface area contributed by atoms with Gasteiger partial charge in [-0.05, 0) is 17.5 Å². The van der Waals surface area contributed by atoms with Crippen molar-refractivity contribution in [3.05, 3.63) is 52.9 Å². The van der Waals surface area contributed by atoms with Gasteiger partial charge in [0, 0.05) is 10.3 Å². The van der Waals surface area contributed by atoms with Gasteiger partial charge >= 0.3 is 5.97 Å². The van der Waals surface area contributed by atoms with Crippen LogP contribution < -0.4 is 5.32 Å². The summed E-state index contributed by atoms with van der Waals surface area (Å²) in [5.74, 6) is -1.22. The van der Waals surface area contributed by atoms with Crippen LogP contribution >= 0.6 is 11.3 Å². The lowest BCUT2D eigenvalue weighted by atomic mass is 10.1. The molecule has 6 nitrogen and oxygen atoms in total. The van der Waals surface area contributed by atoms with Gasteiger partial charge in [0.1, 0.15) is 6.54 Å². The second-order valence-electron chi connectivity index (χ2n) is 5.09. The van der Waals surface area contributed by atoms with Crippen molar-refractivity contribution < 1.29 is 14.7 Å². The fourth-order valence-electron chi connectivity index (χ4n) is 2.41. The highest BCUT2D eigenvalue weighted by molar-refractivity contribution is 7.10. The maximum absolute atomic E-state index is 12.3. The first-order valence-electron chi connectivity index (χ1n) is 7.08. The molecule has 3 aromatic rings. The fraction of sp³-hybridized carbons (Fsp3) is 0.188. The van der Waals surface area contributed by atoms with E-state index in [-0.39, 0.29) is 18.9 Å². The zero-order valence-corrected chi connectivity index (χ0v) is 13.0. The maximum Gasteiger partial charge on any atom is 0.305 e. The normalized spacial score (nSPS) is 12.2. The van der Waals surface area contributed by atoms with Crippen LogP contribution in [0.5, 0.6) is 0 Å². The topological polar surface area (TPSA) is 84.2 Å². The average molecular weight is 329 g/mol. The Hall–Kier alpha value is -2.67. The summed E-state index contributed by atoms with van der Waals surface area (Å²) in [6, 6.07) is 10.7. The number of para-hydroxylation sites is 1. The van der Waals surface area contributed by atoms with Gasteiger partial charge in [0.2, 0.25) is 5.91 Å². The third-order valence-electron chi connectivity index (χ3n) is 3.45. The Morgan fingerprint density at radius 2 is 2.09 bits per heavy atom. The molecule has 0 bridgehead atoms. The molecule has 1 atom stereocenters. The van der Waals surface area contributed by atoms with Crippen LogP contribution in [0.3, 0.4) is 0 Å². The van der Waals surface area contributed by atoms with Crippen molar-refractivity contribution in [1.82, 2.24) is 15.1 Å². The Bertz CT molecular complexity index is 826. The zero-order chi connectivity index (χ0) is 16.2. The van der Waals surface area contributed by atoms with E-state index < -0.39 is 12.0 Å². The number of nitrogens with one attached hydrogen (secondary N) is 1. The third kappa shape index (κ3) is 3.57. The van der Waals surface area contributed by atoms with E-state index in [0.29, 0.717) is 0 Å². The highest BCUT2D eigenvalue weighted by atomic mass is 32.1. The Morgan fingerprint density at radius 3 is 2.83 bits per heavy atom. The molecular formula is C16H15N3O3S. The minimum absolute atomic E-state index is 0.0506. The lowest BCUT2D eigenvalue weighted by Crippen LogP contribution is -2.32. The average Bonchev–Trinajstić information content (AvgIpc) is 3.16. The molecule has 23 heavy (non-hydrogen) atoms. The molecule has 3 rings (SSSR count). The van der Waals surface area contributed by atoms with Gasteiger partial charge < -0.3 is 10.4 Å². The highest BCUT2D eigenvalue weighted by Gasteiger charge is 2.19. The van der Waals surface area contributed by atoms with E-state index in [1.165, 1.54) is 11.3 Å². The predicted octanol–water partition coefficient (Wildman–Crippen LogP) is 2.43. The monoisotopic (exact) mass is 329 g/mol. The smallest absolute Gasteiger partial charge is 0.305 e. The van der Waals surface area contributed by atoms with Crippen molar-refractivity contribution in [1.29, 1.82) is 0 Å². The number of carboxylic acids is 1. The quantitative estimate of drug-likeness (QED) is 0.727. The number of carbonyl (C=O) groups excluding carboxylic acids is 1. The van der Waals surface area contributed by atoms with Gasteiger partial charge in [-0.3, -0.25) is 14.3 Å². The molecule has 1 amide bonds. The molecule has 1 unspecified atom stereocenters. The molecule has 0 aliphatic heterocycles. The summed E-state index contributed by atoms with van der Waals surface area (Å²) >= 11 is 1.43. The summed E-state index contributed by atoms with van der Waals surface area (Å²) in [5, 5.41) is 18.8. The number of aromatic nitrogens is 2. The van der Waals surface area contributed by atoms with E-state index >= 15 is 0 Å². The Labute approximate surface area is 136 Å². The van der Waals surface area contributed by atoms with E-state index in [2.05, 4.69) is 10.4 Å². The van der Waals surface area contributed by atoms with Crippen LogP contribution in [-0.2, 0) is 16.1 Å². The molecule has 2 N–H and O–H groups in total. The van der Waals surface area contributed by atoms with E-state index in [9.17, 15) is 9.59 Å². The Morgan fingerprint density at radius 1 is 1.26 bits per heavy atom. The van der Waals surface area contributed by atoms with Crippen molar-refractivity contribution in [2.24, 2.45) is 0 Å². The van der Waals surface area contributed by atoms with E-state index in [4.69, 9.17) is 5.11 Å². The number of nitrogens with zero attached hydrogens (tertiary/aromatic N) is 2. The van der Waals surface area contributed by atoms with Crippen LogP contribution in [0.4, 0.5) is 0 Å². The van der Waals surface area contributed by atoms with E-state index in [0.717, 1.165) is 15.8 Å². The molecule has 0 radical (unpaired) electrons. The predicted molar refractivity (Wildman–Crippen MR) is 87.2 cm³/mol. The summed E-state index contributed by atoms with van der Waals surface area (Å²) in [6.07, 6.45) is 1.56. The number of benzene rings is 1. The molecular weight excluding hydrogens is 314 g/mol. The summed E-state index contributed by atoms with van der Waals surface area (Å²) < 4.78 is 1.61. The summed E-state index contributed by atoms with van der Waals surface area (Å²) in [6.45, 7) is 0.0506. The number of fused-ring (bicyclic) bond motifs is 1. The number of thiophene rings is 1. The summed E-state index contributed by atoms with van der Waals surface area (Å²) in [7, 11) is 0. The lowest BCUT2D eigenvalue weighted by molar-refractivity contribution is -0.137. The molecule has 0 aliphatic rings. The number of amides is 1. The van der Waals surface area contributed by atoms with Gasteiger partial charge in [0.25, 0.3) is 0 Å². The van der Waals surface area contributed by atoms with Gasteiger partial charge in [0.15, 0.2) is 0 Å². The molecule has 0 saturated carbocycles. The fourth-order valence-corrected chi connectivity index (χ4v) is 3.19. The minimum Gasteiger partial charge on any atom is -0.481 e. The first-order valence-corrected chi connectivity index (χ1v) is 7.96. The van der Waals surface area contributed by atoms with Gasteiger partial charge in [-0.15, -0.1) is 11.3 Å². The largest absolute Gasteiger partial charge is 0.481 e. The number of carbonyl (C=O) groups is 2. The maximum atomic E-state index is 12.3. The molecule has 0 saturated heterocycles. The van der Waals surface area contributed by atoms with Crippen LogP contribution in [0.1, 0.15) is 17.3 Å². The van der Waals surface area contributed by atoms with Crippen molar-refractivity contribution in [2.45, 2.75) is 19.0 Å². The number of rotatable bonds is 6. The minimum atomic E-state index is -0.951. The molecule has 118 valence electrons. The van der Waals surface area contributed by atoms with E-state index in [1.54, 1.807) is 10.9 Å². The summed E-state index contributed by atoms with van der Waals surface area (Å²) in [4.78, 5) is 24.1. The molecule has 0 spiro atoms. The lowest BCUT2D eigenvalue weighted by Gasteiger charge is -2.15. The highest BCUT2D eigenvalue weighted by Crippen LogP contribution is 2.22. The van der Waals surface area contributed by atoms with Crippen LogP contribution in [0.15, 0.2) is 48.0 Å². The second-order valence-corrected chi connectivity index (χ2v) is 6.07. The molecule has 0 aliphatic carbocycles. The van der Waals surface area contributed by atoms with Crippen LogP contribution in [0.25, 0.3) is 10.9 Å². The molecule has 7 heteroatoms. The van der Waals surface area contributed by atoms with Crippen LogP contribution in [0.2, 0.25) is 0 Å². The van der Waals surface area contributed by atoms with Crippen molar-refractivity contribution in [3.8, 4) is 0 Å². The first-order chi connectivity index (χ1) is 11.1. The number of aliphatic carboxylic acids is 1. The molecule has 2 aromatic heterocycles. The van der Waals surface area contributed by atoms with E-state index in [1.807, 2.05) is 41.8 Å². The summed E-state index contributed by atoms with van der Waals surface area (Å²) in [5.41, 5.74) is 0.869. The van der Waals surface area contributed by atoms with Gasteiger partial charge in [0.05, 0.1) is 24.2 Å². The standard InChI is InChI=1S/C16H15N3O3S/c20-15(10-19-13-5-2-1-4-11(13)9-17-19)18-12(8-16(21)22)14-6-3-7-23-14/h1-7,9,12H,8,10H2,(H,18,20)(H,21,22). The van der Waals surface area contributed by atoms with Crippen LogP contribution in [0, 0.1) is 0 Å². The number of hydrogen-bond donors (Lipinski definition) is 2. The Kier molecular flexibility index (Phi) is 4.38. The molecule has 1 aromatic carbocycles.